The molecule has 1 amide bonds. The van der Waals surface area contributed by atoms with Gasteiger partial charge in [-0.3, -0.25) is 10.1 Å². The fraction of sp³-hybridized carbons (Fsp3) is 0.261. The number of amides is 1. The lowest BCUT2D eigenvalue weighted by atomic mass is 10.0. The molecule has 0 aliphatic carbocycles. The van der Waals surface area contributed by atoms with Gasteiger partial charge in [0.15, 0.2) is 6.61 Å². The van der Waals surface area contributed by atoms with Gasteiger partial charge in [0, 0.05) is 10.9 Å². The minimum absolute atomic E-state index is 0.116. The van der Waals surface area contributed by atoms with Crippen molar-refractivity contribution in [3.63, 3.8) is 0 Å². The molecule has 0 radical (unpaired) electrons. The summed E-state index contributed by atoms with van der Waals surface area (Å²) in [6.07, 6.45) is 0. The Hall–Kier alpha value is -3.39. The minimum Gasteiger partial charge on any atom is -0.496 e. The molecule has 0 fully saturated rings. The van der Waals surface area contributed by atoms with Gasteiger partial charge in [-0.2, -0.15) is 4.98 Å². The maximum Gasteiger partial charge on any atom is 0.264 e. The predicted octanol–water partition coefficient (Wildman–Crippen LogP) is 4.92. The van der Waals surface area contributed by atoms with E-state index < -0.39 is 0 Å². The Morgan fingerprint density at radius 2 is 2.00 bits per heavy atom. The summed E-state index contributed by atoms with van der Waals surface area (Å²) in [6.45, 7) is 6.07. The fourth-order valence-electron chi connectivity index (χ4n) is 3.32. The third-order valence-corrected chi connectivity index (χ3v) is 5.68. The number of hydrogen-bond donors (Lipinski definition) is 1. The SMILES string of the molecule is COc1ccccc1-c1csc2nc(NC(=O)COc3cc(C)ccc3C(C)C)nn12. The number of ether oxygens (including phenoxy) is 2. The van der Waals surface area contributed by atoms with Crippen molar-refractivity contribution in [2.45, 2.75) is 26.7 Å². The number of para-hydroxylation sites is 1. The molecule has 160 valence electrons. The zero-order valence-electron chi connectivity index (χ0n) is 17.9. The van der Waals surface area contributed by atoms with E-state index in [9.17, 15) is 4.79 Å². The predicted molar refractivity (Wildman–Crippen MR) is 122 cm³/mol. The average Bonchev–Trinajstić information content (AvgIpc) is 3.32. The Morgan fingerprint density at radius 3 is 2.77 bits per heavy atom. The number of methoxy groups -OCH3 is 1. The number of carbonyl (C=O) groups excluding carboxylic acids is 1. The van der Waals surface area contributed by atoms with E-state index in [-0.39, 0.29) is 18.5 Å². The first-order valence-electron chi connectivity index (χ1n) is 9.97. The number of aromatic nitrogens is 3. The lowest BCUT2D eigenvalue weighted by molar-refractivity contribution is -0.118. The summed E-state index contributed by atoms with van der Waals surface area (Å²) in [6, 6.07) is 13.7. The topological polar surface area (TPSA) is 77.8 Å². The molecule has 0 saturated carbocycles. The second kappa shape index (κ2) is 8.77. The summed E-state index contributed by atoms with van der Waals surface area (Å²) >= 11 is 1.44. The van der Waals surface area contributed by atoms with Crippen LogP contribution in [0.3, 0.4) is 0 Å². The van der Waals surface area contributed by atoms with Gasteiger partial charge in [0.1, 0.15) is 11.5 Å². The maximum absolute atomic E-state index is 12.5. The number of thiazole rings is 1. The minimum atomic E-state index is -0.312. The molecule has 0 bridgehead atoms. The summed E-state index contributed by atoms with van der Waals surface area (Å²) < 4.78 is 13.0. The maximum atomic E-state index is 12.5. The zero-order chi connectivity index (χ0) is 22.0. The van der Waals surface area contributed by atoms with Gasteiger partial charge in [0.05, 0.1) is 12.8 Å². The van der Waals surface area contributed by atoms with Crippen molar-refractivity contribution in [3.05, 3.63) is 59.0 Å². The van der Waals surface area contributed by atoms with Gasteiger partial charge in [-0.05, 0) is 42.2 Å². The van der Waals surface area contributed by atoms with Gasteiger partial charge >= 0.3 is 0 Å². The number of rotatable bonds is 7. The monoisotopic (exact) mass is 436 g/mol. The number of nitrogens with one attached hydrogen (secondary N) is 1. The van der Waals surface area contributed by atoms with Gasteiger partial charge in [-0.1, -0.05) is 38.1 Å². The first-order chi connectivity index (χ1) is 15.0. The highest BCUT2D eigenvalue weighted by Crippen LogP contribution is 2.32. The van der Waals surface area contributed by atoms with E-state index in [0.717, 1.165) is 33.9 Å². The molecule has 0 saturated heterocycles. The Bertz CT molecular complexity index is 1230. The molecule has 7 nitrogen and oxygen atoms in total. The van der Waals surface area contributed by atoms with Crippen LogP contribution < -0.4 is 14.8 Å². The second-order valence-electron chi connectivity index (χ2n) is 7.48. The standard InChI is InChI=1S/C23H24N4O3S/c1-14(2)16-10-9-15(3)11-20(16)30-12-21(28)24-22-25-23-27(26-22)18(13-31-23)17-7-5-6-8-19(17)29-4/h5-11,13-14H,12H2,1-4H3,(H,24,26,28). The van der Waals surface area contributed by atoms with Crippen molar-refractivity contribution >= 4 is 28.2 Å². The van der Waals surface area contributed by atoms with Crippen LogP contribution in [0.4, 0.5) is 5.95 Å². The first kappa shape index (κ1) is 20.9. The highest BCUT2D eigenvalue weighted by Gasteiger charge is 2.16. The zero-order valence-corrected chi connectivity index (χ0v) is 18.7. The molecule has 2 aromatic heterocycles. The molecule has 4 aromatic rings. The van der Waals surface area contributed by atoms with Crippen molar-refractivity contribution in [1.82, 2.24) is 14.6 Å². The normalized spacial score (nSPS) is 11.1. The smallest absolute Gasteiger partial charge is 0.264 e. The van der Waals surface area contributed by atoms with E-state index >= 15 is 0 Å². The van der Waals surface area contributed by atoms with Crippen LogP contribution in [-0.2, 0) is 4.79 Å². The van der Waals surface area contributed by atoms with E-state index in [1.807, 2.05) is 54.8 Å². The molecule has 0 spiro atoms. The van der Waals surface area contributed by atoms with Crippen LogP contribution in [0.25, 0.3) is 16.2 Å². The van der Waals surface area contributed by atoms with Crippen LogP contribution in [0.2, 0.25) is 0 Å². The summed E-state index contributed by atoms with van der Waals surface area (Å²) in [5, 5.41) is 9.14. The number of nitrogens with zero attached hydrogens (tertiary/aromatic N) is 3. The second-order valence-corrected chi connectivity index (χ2v) is 8.32. The molecular weight excluding hydrogens is 412 g/mol. The number of fused-ring (bicyclic) bond motifs is 1. The Morgan fingerprint density at radius 1 is 1.19 bits per heavy atom. The van der Waals surface area contributed by atoms with Gasteiger partial charge in [-0.25, -0.2) is 4.52 Å². The van der Waals surface area contributed by atoms with Gasteiger partial charge in [-0.15, -0.1) is 16.4 Å². The molecule has 1 N–H and O–H groups in total. The molecule has 2 heterocycles. The van der Waals surface area contributed by atoms with Crippen LogP contribution in [0.5, 0.6) is 11.5 Å². The fourth-order valence-corrected chi connectivity index (χ4v) is 4.15. The first-order valence-corrected chi connectivity index (χ1v) is 10.8. The summed E-state index contributed by atoms with van der Waals surface area (Å²) in [7, 11) is 1.63. The molecule has 31 heavy (non-hydrogen) atoms. The van der Waals surface area contributed by atoms with Crippen molar-refractivity contribution in [2.24, 2.45) is 0 Å². The molecule has 0 atom stereocenters. The Balaban J connectivity index is 1.49. The molecule has 0 aliphatic heterocycles. The summed E-state index contributed by atoms with van der Waals surface area (Å²) in [5.41, 5.74) is 3.91. The molecule has 2 aromatic carbocycles. The molecule has 0 aliphatic rings. The van der Waals surface area contributed by atoms with Gasteiger partial charge in [0.2, 0.25) is 4.96 Å². The summed E-state index contributed by atoms with van der Waals surface area (Å²) in [5.74, 6) is 1.70. The molecule has 8 heteroatoms. The number of aryl methyl sites for hydroxylation is 1. The third-order valence-electron chi connectivity index (χ3n) is 4.87. The Kier molecular flexibility index (Phi) is 5.90. The van der Waals surface area contributed by atoms with Crippen LogP contribution >= 0.6 is 11.3 Å². The van der Waals surface area contributed by atoms with E-state index in [0.29, 0.717) is 10.9 Å². The highest BCUT2D eigenvalue weighted by molar-refractivity contribution is 7.15. The van der Waals surface area contributed by atoms with Crippen LogP contribution in [-0.4, -0.2) is 34.2 Å². The number of carbonyl (C=O) groups is 1. The lowest BCUT2D eigenvalue weighted by Crippen LogP contribution is -2.21. The molecule has 0 unspecified atom stereocenters. The third kappa shape index (κ3) is 4.39. The summed E-state index contributed by atoms with van der Waals surface area (Å²) in [4.78, 5) is 17.6. The number of hydrogen-bond acceptors (Lipinski definition) is 6. The van der Waals surface area contributed by atoms with Crippen molar-refractivity contribution < 1.29 is 14.3 Å². The van der Waals surface area contributed by atoms with Gasteiger partial charge < -0.3 is 9.47 Å². The van der Waals surface area contributed by atoms with E-state index in [4.69, 9.17) is 9.47 Å². The van der Waals surface area contributed by atoms with Crippen LogP contribution in [0, 0.1) is 6.92 Å². The average molecular weight is 437 g/mol. The highest BCUT2D eigenvalue weighted by atomic mass is 32.1. The largest absolute Gasteiger partial charge is 0.496 e. The van der Waals surface area contributed by atoms with Crippen LogP contribution in [0.15, 0.2) is 47.8 Å². The quantitative estimate of drug-likeness (QED) is 0.445. The van der Waals surface area contributed by atoms with Crippen molar-refractivity contribution in [3.8, 4) is 22.8 Å². The number of benzene rings is 2. The van der Waals surface area contributed by atoms with E-state index in [1.54, 1.807) is 11.6 Å². The molecular formula is C23H24N4O3S. The molecule has 4 rings (SSSR count). The Labute approximate surface area is 184 Å². The van der Waals surface area contributed by atoms with Crippen LogP contribution in [0.1, 0.15) is 30.9 Å². The lowest BCUT2D eigenvalue weighted by Gasteiger charge is -2.14. The van der Waals surface area contributed by atoms with Crippen molar-refractivity contribution in [1.29, 1.82) is 0 Å². The van der Waals surface area contributed by atoms with Gasteiger partial charge in [0.25, 0.3) is 11.9 Å². The van der Waals surface area contributed by atoms with E-state index in [2.05, 4.69) is 29.2 Å². The van der Waals surface area contributed by atoms with Crippen molar-refractivity contribution in [2.75, 3.05) is 19.0 Å². The number of anilines is 1. The van der Waals surface area contributed by atoms with E-state index in [1.165, 1.54) is 11.3 Å².